The second kappa shape index (κ2) is 8.20. The van der Waals surface area contributed by atoms with E-state index in [1.165, 1.54) is 0 Å². The van der Waals surface area contributed by atoms with Crippen LogP contribution in [0.1, 0.15) is 26.7 Å². The van der Waals surface area contributed by atoms with Gasteiger partial charge in [-0.2, -0.15) is 0 Å². The molecule has 0 fully saturated rings. The first-order valence-electron chi connectivity index (χ1n) is 4.04. The molecule has 0 rings (SSSR count). The van der Waals surface area contributed by atoms with Crippen molar-refractivity contribution in [3.63, 3.8) is 0 Å². The molecule has 0 unspecified atom stereocenters. The van der Waals surface area contributed by atoms with Crippen LogP contribution in [0.2, 0.25) is 0 Å². The predicted octanol–water partition coefficient (Wildman–Crippen LogP) is -2.26. The van der Waals surface area contributed by atoms with E-state index in [1.54, 1.807) is 0 Å². The number of hydrogen-bond acceptors (Lipinski definition) is 4. The fourth-order valence-corrected chi connectivity index (χ4v) is 1.14. The maximum atomic E-state index is 10.2. The number of hydrogen-bond donors (Lipinski definition) is 0. The minimum atomic E-state index is -4.11. The van der Waals surface area contributed by atoms with Gasteiger partial charge in [0.25, 0.3) is 0 Å². The van der Waals surface area contributed by atoms with Gasteiger partial charge >= 0.3 is 29.6 Å². The van der Waals surface area contributed by atoms with E-state index in [2.05, 4.69) is 0 Å². The van der Waals surface area contributed by atoms with Gasteiger partial charge in [0, 0.05) is 0 Å². The van der Waals surface area contributed by atoms with Crippen molar-refractivity contribution >= 4 is 10.1 Å². The summed E-state index contributed by atoms with van der Waals surface area (Å²) in [4.78, 5) is 0. The maximum absolute atomic E-state index is 10.2. The number of ether oxygens (including phenoxy) is 1. The van der Waals surface area contributed by atoms with Crippen LogP contribution in [0.3, 0.4) is 0 Å². The molecule has 0 spiro atoms. The van der Waals surface area contributed by atoms with Gasteiger partial charge in [0.2, 0.25) is 0 Å². The van der Waals surface area contributed by atoms with Crippen molar-refractivity contribution in [1.82, 2.24) is 0 Å². The van der Waals surface area contributed by atoms with Gasteiger partial charge in [0.15, 0.2) is 0 Å². The van der Waals surface area contributed by atoms with E-state index < -0.39 is 15.9 Å². The molecule has 0 heterocycles. The van der Waals surface area contributed by atoms with Crippen LogP contribution in [-0.2, 0) is 14.9 Å². The predicted molar refractivity (Wildman–Crippen MR) is 44.9 cm³/mol. The second-order valence-electron chi connectivity index (χ2n) is 2.57. The molecule has 0 aromatic rings. The van der Waals surface area contributed by atoms with Crippen molar-refractivity contribution < 1.29 is 47.3 Å². The molecule has 0 aromatic heterocycles. The SMILES string of the molecule is CCC(CC)OCCS(=O)(=O)[O-].[Na+]. The zero-order valence-corrected chi connectivity index (χ0v) is 11.3. The molecule has 6 heteroatoms. The van der Waals surface area contributed by atoms with Crippen molar-refractivity contribution in [2.45, 2.75) is 32.8 Å². The molecule has 74 valence electrons. The first-order chi connectivity index (χ1) is 5.49. The summed E-state index contributed by atoms with van der Waals surface area (Å²) in [5.41, 5.74) is 0. The largest absolute Gasteiger partial charge is 1.00 e. The van der Waals surface area contributed by atoms with E-state index in [0.717, 1.165) is 12.8 Å². The minimum Gasteiger partial charge on any atom is -0.748 e. The molecular formula is C7H15NaO4S. The molecule has 0 radical (unpaired) electrons. The van der Waals surface area contributed by atoms with E-state index >= 15 is 0 Å². The van der Waals surface area contributed by atoms with E-state index in [4.69, 9.17) is 4.74 Å². The molecule has 0 aliphatic heterocycles. The Balaban J connectivity index is 0. The Morgan fingerprint density at radius 3 is 2.08 bits per heavy atom. The molecular weight excluding hydrogens is 203 g/mol. The Morgan fingerprint density at radius 1 is 1.31 bits per heavy atom. The molecule has 0 N–H and O–H groups in total. The zero-order chi connectivity index (χ0) is 9.61. The summed E-state index contributed by atoms with van der Waals surface area (Å²) < 4.78 is 35.6. The Bertz CT molecular complexity index is 199. The van der Waals surface area contributed by atoms with Gasteiger partial charge in [-0.1, -0.05) is 13.8 Å². The van der Waals surface area contributed by atoms with E-state index in [-0.39, 0.29) is 42.3 Å². The van der Waals surface area contributed by atoms with Gasteiger partial charge in [-0.05, 0) is 12.8 Å². The second-order valence-corrected chi connectivity index (χ2v) is 4.09. The summed E-state index contributed by atoms with van der Waals surface area (Å²) in [7, 11) is -4.11. The maximum Gasteiger partial charge on any atom is 1.00 e. The van der Waals surface area contributed by atoms with Gasteiger partial charge in [-0.3, -0.25) is 0 Å². The third-order valence-corrected chi connectivity index (χ3v) is 2.26. The van der Waals surface area contributed by atoms with Gasteiger partial charge in [-0.25, -0.2) is 8.42 Å². The van der Waals surface area contributed by atoms with E-state index in [0.29, 0.717) is 0 Å². The van der Waals surface area contributed by atoms with Gasteiger partial charge in [0.05, 0.1) is 28.6 Å². The summed E-state index contributed by atoms with van der Waals surface area (Å²) >= 11 is 0. The first-order valence-corrected chi connectivity index (χ1v) is 5.62. The Morgan fingerprint density at radius 2 is 1.77 bits per heavy atom. The van der Waals surface area contributed by atoms with Gasteiger partial charge in [0.1, 0.15) is 0 Å². The smallest absolute Gasteiger partial charge is 0.748 e. The van der Waals surface area contributed by atoms with Crippen LogP contribution in [-0.4, -0.2) is 31.4 Å². The van der Waals surface area contributed by atoms with E-state index in [1.807, 2.05) is 13.8 Å². The molecule has 0 atom stereocenters. The molecule has 13 heavy (non-hydrogen) atoms. The van der Waals surface area contributed by atoms with E-state index in [9.17, 15) is 13.0 Å². The average molecular weight is 218 g/mol. The fourth-order valence-electron chi connectivity index (χ4n) is 0.841. The third-order valence-electron chi connectivity index (χ3n) is 1.60. The number of rotatable bonds is 6. The standard InChI is InChI=1S/C7H16O4S.Na/c1-3-7(4-2)11-5-6-12(8,9)10;/h7H,3-6H2,1-2H3,(H,8,9,10);/q;+1/p-1. The van der Waals surface area contributed by atoms with Crippen LogP contribution in [0, 0.1) is 0 Å². The summed E-state index contributed by atoms with van der Waals surface area (Å²) in [5.74, 6) is -0.427. The van der Waals surface area contributed by atoms with Crippen LogP contribution in [0.4, 0.5) is 0 Å². The molecule has 0 bridgehead atoms. The van der Waals surface area contributed by atoms with Crippen molar-refractivity contribution in [3.05, 3.63) is 0 Å². The Labute approximate surface area is 102 Å². The topological polar surface area (TPSA) is 66.4 Å². The Kier molecular flexibility index (Phi) is 10.3. The van der Waals surface area contributed by atoms with Crippen LogP contribution >= 0.6 is 0 Å². The summed E-state index contributed by atoms with van der Waals surface area (Å²) in [6.45, 7) is 3.93. The first kappa shape index (κ1) is 16.3. The molecule has 0 aromatic carbocycles. The fraction of sp³-hybridized carbons (Fsp3) is 1.00. The molecule has 0 saturated carbocycles. The average Bonchev–Trinajstić information content (AvgIpc) is 1.96. The molecule has 0 amide bonds. The minimum absolute atomic E-state index is 0. The summed E-state index contributed by atoms with van der Waals surface area (Å²) in [6.07, 6.45) is 1.76. The van der Waals surface area contributed by atoms with Gasteiger partial charge in [-0.15, -0.1) is 0 Å². The summed E-state index contributed by atoms with van der Waals surface area (Å²) in [5, 5.41) is 0. The van der Waals surface area contributed by atoms with Crippen LogP contribution < -0.4 is 29.6 Å². The van der Waals surface area contributed by atoms with Gasteiger partial charge < -0.3 is 9.29 Å². The zero-order valence-electron chi connectivity index (χ0n) is 8.45. The van der Waals surface area contributed by atoms with Crippen LogP contribution in [0.5, 0.6) is 0 Å². The molecule has 0 aliphatic rings. The van der Waals surface area contributed by atoms with Crippen molar-refractivity contribution in [2.24, 2.45) is 0 Å². The third kappa shape index (κ3) is 10.8. The quantitative estimate of drug-likeness (QED) is 0.373. The summed E-state index contributed by atoms with van der Waals surface area (Å²) in [6, 6.07) is 0. The molecule has 0 aliphatic carbocycles. The Hall–Kier alpha value is 0.870. The van der Waals surface area contributed by atoms with Crippen molar-refractivity contribution in [3.8, 4) is 0 Å². The van der Waals surface area contributed by atoms with Crippen LogP contribution in [0.15, 0.2) is 0 Å². The van der Waals surface area contributed by atoms with Crippen molar-refractivity contribution in [2.75, 3.05) is 12.4 Å². The van der Waals surface area contributed by atoms with Crippen molar-refractivity contribution in [1.29, 1.82) is 0 Å². The normalized spacial score (nSPS) is 11.4. The van der Waals surface area contributed by atoms with Crippen LogP contribution in [0.25, 0.3) is 0 Å². The monoisotopic (exact) mass is 218 g/mol. The molecule has 0 saturated heterocycles. The molecule has 4 nitrogen and oxygen atoms in total.